The van der Waals surface area contributed by atoms with Crippen molar-refractivity contribution in [3.8, 4) is 0 Å². The number of ether oxygens (including phenoxy) is 1. The molecule has 0 atom stereocenters. The Balaban J connectivity index is 2.91. The molecule has 0 saturated heterocycles. The van der Waals surface area contributed by atoms with E-state index in [1.165, 1.54) is 70.6 Å². The van der Waals surface area contributed by atoms with Gasteiger partial charge in [-0.3, -0.25) is 0 Å². The molecular weight excluding hydrogens is 208 g/mol. The van der Waals surface area contributed by atoms with Gasteiger partial charge in [-0.25, -0.2) is 0 Å². The van der Waals surface area contributed by atoms with E-state index in [2.05, 4.69) is 24.8 Å². The average Bonchev–Trinajstić information content (AvgIpc) is 2.35. The number of unbranched alkanes of at least 4 members (excludes halogenated alkanes) is 11. The Morgan fingerprint density at radius 3 is 1.71 bits per heavy atom. The highest BCUT2D eigenvalue weighted by molar-refractivity contribution is 4.72. The Morgan fingerprint density at radius 1 is 0.765 bits per heavy atom. The van der Waals surface area contributed by atoms with Crippen LogP contribution in [0.3, 0.4) is 0 Å². The van der Waals surface area contributed by atoms with E-state index in [1.807, 2.05) is 0 Å². The van der Waals surface area contributed by atoms with Gasteiger partial charge in [0.05, 0.1) is 6.26 Å². The van der Waals surface area contributed by atoms with Crippen molar-refractivity contribution >= 4 is 0 Å². The summed E-state index contributed by atoms with van der Waals surface area (Å²) in [5, 5.41) is 0. The van der Waals surface area contributed by atoms with Crippen LogP contribution in [-0.2, 0) is 4.74 Å². The van der Waals surface area contributed by atoms with E-state index in [1.54, 1.807) is 6.26 Å². The van der Waals surface area contributed by atoms with Crippen LogP contribution in [0.2, 0.25) is 0 Å². The summed E-state index contributed by atoms with van der Waals surface area (Å²) in [5.74, 6) is 0. The first kappa shape index (κ1) is 16.5. The van der Waals surface area contributed by atoms with Crippen LogP contribution in [0.4, 0.5) is 0 Å². The standard InChI is InChI=1S/C16H31O/c1-3-4-5-6-7-8-9-10-11-12-13-14-15-16-17-2/h15-16H,2-14H2,1H3. The molecule has 0 heterocycles. The number of allylic oxidation sites excluding steroid dienone is 1. The summed E-state index contributed by atoms with van der Waals surface area (Å²) in [6, 6.07) is 0. The molecule has 0 aromatic carbocycles. The molecule has 0 aromatic rings. The van der Waals surface area contributed by atoms with Crippen molar-refractivity contribution in [2.45, 2.75) is 84.0 Å². The van der Waals surface area contributed by atoms with Crippen molar-refractivity contribution in [1.29, 1.82) is 0 Å². The van der Waals surface area contributed by atoms with Crippen LogP contribution in [0.5, 0.6) is 0 Å². The van der Waals surface area contributed by atoms with E-state index < -0.39 is 0 Å². The molecule has 0 rings (SSSR count). The van der Waals surface area contributed by atoms with Crippen molar-refractivity contribution in [2.75, 3.05) is 0 Å². The third-order valence-corrected chi connectivity index (χ3v) is 3.17. The highest BCUT2D eigenvalue weighted by Crippen LogP contribution is 2.11. The molecular formula is C16H31O. The molecule has 1 nitrogen and oxygen atoms in total. The molecule has 0 aromatic heterocycles. The second-order valence-corrected chi connectivity index (χ2v) is 4.86. The third kappa shape index (κ3) is 15.5. The van der Waals surface area contributed by atoms with Gasteiger partial charge in [0.15, 0.2) is 0 Å². The molecule has 0 spiro atoms. The van der Waals surface area contributed by atoms with Crippen LogP contribution in [0.15, 0.2) is 12.3 Å². The van der Waals surface area contributed by atoms with E-state index in [-0.39, 0.29) is 0 Å². The molecule has 101 valence electrons. The first-order chi connectivity index (χ1) is 8.41. The number of hydrogen-bond donors (Lipinski definition) is 0. The first-order valence-electron chi connectivity index (χ1n) is 7.47. The minimum absolute atomic E-state index is 1.13. The fraction of sp³-hybridized carbons (Fsp3) is 0.812. The summed E-state index contributed by atoms with van der Waals surface area (Å²) >= 11 is 0. The van der Waals surface area contributed by atoms with E-state index in [0.717, 1.165) is 6.42 Å². The molecule has 0 bridgehead atoms. The molecule has 0 fully saturated rings. The van der Waals surface area contributed by atoms with Gasteiger partial charge in [0.2, 0.25) is 0 Å². The molecule has 0 saturated carbocycles. The lowest BCUT2D eigenvalue weighted by Crippen LogP contribution is -1.82. The Hall–Kier alpha value is -0.460. The zero-order valence-electron chi connectivity index (χ0n) is 11.8. The largest absolute Gasteiger partial charge is 0.498 e. The zero-order chi connectivity index (χ0) is 12.6. The second kappa shape index (κ2) is 15.5. The van der Waals surface area contributed by atoms with Crippen LogP contribution >= 0.6 is 0 Å². The molecule has 0 amide bonds. The Morgan fingerprint density at radius 2 is 1.24 bits per heavy atom. The average molecular weight is 239 g/mol. The Bertz CT molecular complexity index is 152. The summed E-state index contributed by atoms with van der Waals surface area (Å²) in [6.07, 6.45) is 20.3. The van der Waals surface area contributed by atoms with Gasteiger partial charge in [-0.05, 0) is 18.9 Å². The van der Waals surface area contributed by atoms with E-state index in [9.17, 15) is 0 Å². The minimum atomic E-state index is 1.13. The second-order valence-electron chi connectivity index (χ2n) is 4.86. The van der Waals surface area contributed by atoms with Gasteiger partial charge in [-0.2, -0.15) is 0 Å². The van der Waals surface area contributed by atoms with Gasteiger partial charge in [0.25, 0.3) is 0 Å². The number of hydrogen-bond acceptors (Lipinski definition) is 1. The molecule has 17 heavy (non-hydrogen) atoms. The van der Waals surface area contributed by atoms with Gasteiger partial charge in [-0.1, -0.05) is 71.1 Å². The van der Waals surface area contributed by atoms with Crippen LogP contribution in [-0.4, -0.2) is 0 Å². The SMILES string of the molecule is [CH2]OC=CCCCCCCCCCCCCC. The molecule has 0 N–H and O–H groups in total. The van der Waals surface area contributed by atoms with Crippen LogP contribution in [0.25, 0.3) is 0 Å². The predicted molar refractivity (Wildman–Crippen MR) is 76.7 cm³/mol. The van der Waals surface area contributed by atoms with Crippen LogP contribution < -0.4 is 0 Å². The third-order valence-electron chi connectivity index (χ3n) is 3.17. The predicted octanol–water partition coefficient (Wildman–Crippen LogP) is 6.01. The van der Waals surface area contributed by atoms with Gasteiger partial charge < -0.3 is 4.74 Å². The maximum absolute atomic E-state index is 4.61. The highest BCUT2D eigenvalue weighted by atomic mass is 16.5. The van der Waals surface area contributed by atoms with E-state index >= 15 is 0 Å². The molecule has 0 aliphatic rings. The molecule has 0 unspecified atom stereocenters. The summed E-state index contributed by atoms with van der Waals surface area (Å²) in [4.78, 5) is 0. The van der Waals surface area contributed by atoms with E-state index in [4.69, 9.17) is 0 Å². The summed E-state index contributed by atoms with van der Waals surface area (Å²) in [6.45, 7) is 2.28. The van der Waals surface area contributed by atoms with Crippen molar-refractivity contribution in [2.24, 2.45) is 0 Å². The number of rotatable bonds is 13. The maximum Gasteiger partial charge on any atom is 0.121 e. The maximum atomic E-state index is 4.61. The molecule has 1 radical (unpaired) electrons. The van der Waals surface area contributed by atoms with Crippen molar-refractivity contribution in [1.82, 2.24) is 0 Å². The zero-order valence-corrected chi connectivity index (χ0v) is 11.8. The quantitative estimate of drug-likeness (QED) is 0.282. The monoisotopic (exact) mass is 239 g/mol. The fourth-order valence-electron chi connectivity index (χ4n) is 2.06. The van der Waals surface area contributed by atoms with Crippen molar-refractivity contribution < 1.29 is 4.74 Å². The van der Waals surface area contributed by atoms with Crippen LogP contribution in [0.1, 0.15) is 84.0 Å². The molecule has 0 aliphatic heterocycles. The topological polar surface area (TPSA) is 9.23 Å². The minimum Gasteiger partial charge on any atom is -0.498 e. The van der Waals surface area contributed by atoms with Crippen LogP contribution in [0, 0.1) is 7.11 Å². The van der Waals surface area contributed by atoms with E-state index in [0.29, 0.717) is 0 Å². The fourth-order valence-corrected chi connectivity index (χ4v) is 2.06. The molecule has 0 aliphatic carbocycles. The lowest BCUT2D eigenvalue weighted by molar-refractivity contribution is 0.391. The van der Waals surface area contributed by atoms with Crippen molar-refractivity contribution in [3.05, 3.63) is 19.4 Å². The Kier molecular flexibility index (Phi) is 15.1. The Labute approximate surface area is 109 Å². The lowest BCUT2D eigenvalue weighted by Gasteiger charge is -2.01. The molecule has 1 heteroatoms. The summed E-state index contributed by atoms with van der Waals surface area (Å²) < 4.78 is 4.61. The summed E-state index contributed by atoms with van der Waals surface area (Å²) in [7, 11) is 3.29. The van der Waals surface area contributed by atoms with Crippen molar-refractivity contribution in [3.63, 3.8) is 0 Å². The van der Waals surface area contributed by atoms with Gasteiger partial charge in [-0.15, -0.1) is 0 Å². The van der Waals surface area contributed by atoms with Gasteiger partial charge in [0, 0.05) is 0 Å². The van der Waals surface area contributed by atoms with Gasteiger partial charge >= 0.3 is 0 Å². The first-order valence-corrected chi connectivity index (χ1v) is 7.47. The highest BCUT2D eigenvalue weighted by Gasteiger charge is 1.92. The van der Waals surface area contributed by atoms with Gasteiger partial charge in [0.1, 0.15) is 7.11 Å². The lowest BCUT2D eigenvalue weighted by atomic mass is 10.1. The summed E-state index contributed by atoms with van der Waals surface area (Å²) in [5.41, 5.74) is 0. The normalized spacial score (nSPS) is 11.2. The smallest absolute Gasteiger partial charge is 0.121 e.